The zero-order chi connectivity index (χ0) is 11.9. The summed E-state index contributed by atoms with van der Waals surface area (Å²) < 4.78 is 2.22. The Morgan fingerprint density at radius 3 is 2.61 bits per heavy atom. The number of hydrogen-bond acceptors (Lipinski definition) is 0. The van der Waals surface area contributed by atoms with Crippen molar-refractivity contribution in [3.63, 3.8) is 0 Å². The maximum Gasteiger partial charge on any atom is 0.211 e. The number of benzene rings is 1. The smallest absolute Gasteiger partial charge is 0.167 e. The summed E-state index contributed by atoms with van der Waals surface area (Å²) in [5.74, 6) is 0. The van der Waals surface area contributed by atoms with Crippen LogP contribution in [0.3, 0.4) is 0 Å². The third kappa shape index (κ3) is 1.37. The molecule has 1 aromatic carbocycles. The van der Waals surface area contributed by atoms with E-state index in [0.29, 0.717) is 0 Å². The highest BCUT2D eigenvalue weighted by Gasteiger charge is 2.19. The van der Waals surface area contributed by atoms with Gasteiger partial charge in [0, 0.05) is 23.8 Å². The van der Waals surface area contributed by atoms with Crippen molar-refractivity contribution in [1.29, 1.82) is 0 Å². The molecule has 86 valence electrons. The van der Waals surface area contributed by atoms with Crippen LogP contribution in [-0.2, 0) is 12.8 Å². The predicted molar refractivity (Wildman–Crippen MR) is 72.4 cm³/mol. The molecule has 0 unspecified atom stereocenters. The van der Waals surface area contributed by atoms with E-state index in [0.717, 1.165) is 12.8 Å². The number of pyridine rings is 2. The Bertz CT molecular complexity index is 743. The first-order chi connectivity index (χ1) is 8.92. The summed E-state index contributed by atoms with van der Waals surface area (Å²) in [6.45, 7) is 0. The van der Waals surface area contributed by atoms with E-state index in [4.69, 9.17) is 0 Å². The van der Waals surface area contributed by atoms with Crippen LogP contribution in [0.25, 0.3) is 16.6 Å². The van der Waals surface area contributed by atoms with Crippen molar-refractivity contribution >= 4 is 5.52 Å². The summed E-state index contributed by atoms with van der Waals surface area (Å²) in [7, 11) is 0. The summed E-state index contributed by atoms with van der Waals surface area (Å²) >= 11 is 0. The largest absolute Gasteiger partial charge is 0.211 e. The van der Waals surface area contributed by atoms with Gasteiger partial charge in [0.15, 0.2) is 12.4 Å². The van der Waals surface area contributed by atoms with Crippen LogP contribution in [0, 0.1) is 0 Å². The summed E-state index contributed by atoms with van der Waals surface area (Å²) in [6.07, 6.45) is 6.70. The van der Waals surface area contributed by atoms with E-state index in [9.17, 15) is 0 Å². The second-order valence-electron chi connectivity index (χ2n) is 4.90. The van der Waals surface area contributed by atoms with Gasteiger partial charge >= 0.3 is 0 Å². The molecule has 0 N–H and O–H groups in total. The third-order valence-electron chi connectivity index (χ3n) is 3.83. The van der Waals surface area contributed by atoms with Crippen molar-refractivity contribution in [3.8, 4) is 11.1 Å². The molecule has 1 nitrogen and oxygen atoms in total. The molecule has 1 heteroatoms. The lowest BCUT2D eigenvalue weighted by Gasteiger charge is -2.17. The molecule has 0 spiro atoms. The van der Waals surface area contributed by atoms with E-state index in [1.165, 1.54) is 27.8 Å². The van der Waals surface area contributed by atoms with E-state index in [1.807, 2.05) is 0 Å². The van der Waals surface area contributed by atoms with Crippen molar-refractivity contribution in [1.82, 2.24) is 0 Å². The zero-order valence-corrected chi connectivity index (χ0v) is 10.1. The number of aryl methyl sites for hydroxylation is 2. The van der Waals surface area contributed by atoms with Gasteiger partial charge in [-0.2, -0.15) is 4.40 Å². The van der Waals surface area contributed by atoms with Crippen molar-refractivity contribution < 1.29 is 4.40 Å². The monoisotopic (exact) mass is 232 g/mol. The lowest BCUT2D eigenvalue weighted by atomic mass is 9.86. The van der Waals surface area contributed by atoms with Crippen LogP contribution in [0.5, 0.6) is 0 Å². The average molecular weight is 232 g/mol. The highest BCUT2D eigenvalue weighted by Crippen LogP contribution is 2.32. The topological polar surface area (TPSA) is 4.10 Å². The average Bonchev–Trinajstić information content (AvgIpc) is 2.45. The minimum absolute atomic E-state index is 1.14. The van der Waals surface area contributed by atoms with Crippen LogP contribution in [-0.4, -0.2) is 0 Å². The minimum atomic E-state index is 1.14. The van der Waals surface area contributed by atoms with E-state index in [2.05, 4.69) is 65.3 Å². The van der Waals surface area contributed by atoms with Crippen LogP contribution >= 0.6 is 0 Å². The lowest BCUT2D eigenvalue weighted by molar-refractivity contribution is -0.512. The Labute approximate surface area is 106 Å². The second-order valence-corrected chi connectivity index (χ2v) is 4.90. The highest BCUT2D eigenvalue weighted by atomic mass is 14.8. The van der Waals surface area contributed by atoms with E-state index in [1.54, 1.807) is 0 Å². The van der Waals surface area contributed by atoms with Crippen molar-refractivity contribution in [2.45, 2.75) is 12.8 Å². The van der Waals surface area contributed by atoms with Gasteiger partial charge in [0.05, 0.1) is 0 Å². The first kappa shape index (κ1) is 9.84. The Balaban J connectivity index is 2.06. The van der Waals surface area contributed by atoms with Crippen LogP contribution in [0.4, 0.5) is 0 Å². The normalized spacial score (nSPS) is 13.1. The summed E-state index contributed by atoms with van der Waals surface area (Å²) in [5.41, 5.74) is 7.00. The van der Waals surface area contributed by atoms with Gasteiger partial charge in [0.2, 0.25) is 5.52 Å². The fourth-order valence-corrected chi connectivity index (χ4v) is 2.91. The molecule has 0 amide bonds. The molecule has 1 aliphatic rings. The Hall–Kier alpha value is -2.15. The fraction of sp³-hybridized carbons (Fsp3) is 0.118. The first-order valence-corrected chi connectivity index (χ1v) is 6.43. The highest BCUT2D eigenvalue weighted by molar-refractivity contribution is 5.75. The molecule has 0 atom stereocenters. The number of aromatic nitrogens is 1. The number of hydrogen-bond donors (Lipinski definition) is 0. The van der Waals surface area contributed by atoms with E-state index >= 15 is 0 Å². The van der Waals surface area contributed by atoms with E-state index in [-0.39, 0.29) is 0 Å². The van der Waals surface area contributed by atoms with Gasteiger partial charge in [-0.05, 0) is 35.6 Å². The van der Waals surface area contributed by atoms with Gasteiger partial charge in [0.1, 0.15) is 0 Å². The SMILES string of the molecule is c1ccc2c(c1)CCc1c[n+]3ccccc3cc1-2. The zero-order valence-electron chi connectivity index (χ0n) is 10.1. The molecule has 0 saturated heterocycles. The quantitative estimate of drug-likeness (QED) is 0.524. The molecular formula is C17H14N+. The fourth-order valence-electron chi connectivity index (χ4n) is 2.91. The van der Waals surface area contributed by atoms with Gasteiger partial charge in [-0.3, -0.25) is 0 Å². The number of nitrogens with zero attached hydrogens (tertiary/aromatic N) is 1. The molecule has 2 heterocycles. The van der Waals surface area contributed by atoms with Crippen LogP contribution in [0.1, 0.15) is 11.1 Å². The molecular weight excluding hydrogens is 218 g/mol. The summed E-state index contributed by atoms with van der Waals surface area (Å²) in [6, 6.07) is 17.4. The molecule has 0 bridgehead atoms. The standard InChI is InChI=1S/C17H14N/c1-2-7-16-13(5-1)8-9-14-12-18-10-4-3-6-15(18)11-17(14)16/h1-7,10-12H,8-9H2/q+1. The van der Waals surface area contributed by atoms with Gasteiger partial charge < -0.3 is 0 Å². The molecule has 18 heavy (non-hydrogen) atoms. The molecule has 0 radical (unpaired) electrons. The Morgan fingerprint density at radius 2 is 1.61 bits per heavy atom. The van der Waals surface area contributed by atoms with Crippen molar-refractivity contribution in [2.75, 3.05) is 0 Å². The van der Waals surface area contributed by atoms with Crippen molar-refractivity contribution in [2.24, 2.45) is 0 Å². The molecule has 3 aromatic rings. The third-order valence-corrected chi connectivity index (χ3v) is 3.83. The van der Waals surface area contributed by atoms with Crippen molar-refractivity contribution in [3.05, 3.63) is 72.1 Å². The molecule has 2 aromatic heterocycles. The molecule has 0 fully saturated rings. The molecule has 4 rings (SSSR count). The first-order valence-electron chi connectivity index (χ1n) is 6.43. The number of rotatable bonds is 0. The maximum absolute atomic E-state index is 2.31. The maximum atomic E-state index is 2.31. The van der Waals surface area contributed by atoms with Gasteiger partial charge in [-0.25, -0.2) is 0 Å². The van der Waals surface area contributed by atoms with E-state index < -0.39 is 0 Å². The summed E-state index contributed by atoms with van der Waals surface area (Å²) in [4.78, 5) is 0. The minimum Gasteiger partial charge on any atom is -0.167 e. The Morgan fingerprint density at radius 1 is 0.778 bits per heavy atom. The van der Waals surface area contributed by atoms with Gasteiger partial charge in [0.25, 0.3) is 0 Å². The molecule has 1 aliphatic carbocycles. The predicted octanol–water partition coefficient (Wildman–Crippen LogP) is 3.19. The molecule has 0 saturated carbocycles. The lowest BCUT2D eigenvalue weighted by Crippen LogP contribution is -2.22. The van der Waals surface area contributed by atoms with Gasteiger partial charge in [-0.15, -0.1) is 0 Å². The van der Waals surface area contributed by atoms with Crippen LogP contribution in [0.15, 0.2) is 60.9 Å². The van der Waals surface area contributed by atoms with Gasteiger partial charge in [-0.1, -0.05) is 24.3 Å². The second kappa shape index (κ2) is 3.67. The van der Waals surface area contributed by atoms with Crippen LogP contribution < -0.4 is 4.40 Å². The number of fused-ring (bicyclic) bond motifs is 4. The Kier molecular flexibility index (Phi) is 2.01. The summed E-state index contributed by atoms with van der Waals surface area (Å²) in [5, 5.41) is 0. The molecule has 0 aliphatic heterocycles. The van der Waals surface area contributed by atoms with Crippen LogP contribution in [0.2, 0.25) is 0 Å².